The average molecular weight is 307 g/mol. The van der Waals surface area contributed by atoms with E-state index in [4.69, 9.17) is 4.74 Å². The third-order valence-electron chi connectivity index (χ3n) is 3.31. The number of rotatable bonds is 6. The molecule has 2 heterocycles. The van der Waals surface area contributed by atoms with Crippen molar-refractivity contribution in [2.45, 2.75) is 26.3 Å². The van der Waals surface area contributed by atoms with Crippen LogP contribution in [-0.4, -0.2) is 30.3 Å². The maximum atomic E-state index is 12.7. The van der Waals surface area contributed by atoms with Crippen molar-refractivity contribution >= 4 is 16.5 Å². The Morgan fingerprint density at radius 2 is 2.19 bits per heavy atom. The van der Waals surface area contributed by atoms with Gasteiger partial charge in [-0.05, 0) is 18.1 Å². The molecule has 0 saturated carbocycles. The highest BCUT2D eigenvalue weighted by Gasteiger charge is 2.14. The SMILES string of the molecule is CNc1nc(-c2ccc(C(C)C)n(CCOC)c2=O)cs1. The van der Waals surface area contributed by atoms with Gasteiger partial charge in [-0.25, -0.2) is 4.98 Å². The van der Waals surface area contributed by atoms with E-state index in [0.29, 0.717) is 18.7 Å². The van der Waals surface area contributed by atoms with Crippen LogP contribution in [0.4, 0.5) is 5.13 Å². The second-order valence-corrected chi connectivity index (χ2v) is 5.92. The zero-order valence-corrected chi connectivity index (χ0v) is 13.7. The average Bonchev–Trinajstić information content (AvgIpc) is 2.94. The van der Waals surface area contributed by atoms with E-state index in [9.17, 15) is 4.79 Å². The number of nitrogens with zero attached hydrogens (tertiary/aromatic N) is 2. The summed E-state index contributed by atoms with van der Waals surface area (Å²) in [5, 5.41) is 5.70. The van der Waals surface area contributed by atoms with Gasteiger partial charge in [-0.3, -0.25) is 4.79 Å². The molecule has 0 radical (unpaired) electrons. The van der Waals surface area contributed by atoms with Crippen molar-refractivity contribution in [2.75, 3.05) is 26.1 Å². The predicted molar refractivity (Wildman–Crippen MR) is 87.3 cm³/mol. The van der Waals surface area contributed by atoms with E-state index in [0.717, 1.165) is 16.5 Å². The van der Waals surface area contributed by atoms with Crippen molar-refractivity contribution < 1.29 is 4.74 Å². The highest BCUT2D eigenvalue weighted by Crippen LogP contribution is 2.23. The van der Waals surface area contributed by atoms with Crippen molar-refractivity contribution in [3.05, 3.63) is 33.6 Å². The van der Waals surface area contributed by atoms with Gasteiger partial charge in [-0.2, -0.15) is 0 Å². The topological polar surface area (TPSA) is 56.1 Å². The molecule has 114 valence electrons. The van der Waals surface area contributed by atoms with Gasteiger partial charge in [0, 0.05) is 31.8 Å². The van der Waals surface area contributed by atoms with Crippen molar-refractivity contribution in [3.63, 3.8) is 0 Å². The molecule has 2 aromatic rings. The Labute approximate surface area is 128 Å². The first-order valence-electron chi connectivity index (χ1n) is 6.94. The molecule has 0 aliphatic rings. The maximum absolute atomic E-state index is 12.7. The highest BCUT2D eigenvalue weighted by molar-refractivity contribution is 7.14. The number of ether oxygens (including phenoxy) is 1. The van der Waals surface area contributed by atoms with E-state index in [-0.39, 0.29) is 11.5 Å². The fourth-order valence-electron chi connectivity index (χ4n) is 2.22. The first-order valence-corrected chi connectivity index (χ1v) is 7.82. The minimum atomic E-state index is -0.00815. The van der Waals surface area contributed by atoms with Gasteiger partial charge in [0.15, 0.2) is 5.13 Å². The van der Waals surface area contributed by atoms with Crippen LogP contribution in [0.15, 0.2) is 22.3 Å². The summed E-state index contributed by atoms with van der Waals surface area (Å²) < 4.78 is 6.91. The third kappa shape index (κ3) is 3.33. The molecule has 0 saturated heterocycles. The Morgan fingerprint density at radius 1 is 1.43 bits per heavy atom. The molecule has 5 nitrogen and oxygen atoms in total. The summed E-state index contributed by atoms with van der Waals surface area (Å²) in [6.07, 6.45) is 0. The Bertz CT molecular complexity index is 661. The van der Waals surface area contributed by atoms with E-state index in [1.165, 1.54) is 11.3 Å². The highest BCUT2D eigenvalue weighted by atomic mass is 32.1. The molecule has 6 heteroatoms. The second-order valence-electron chi connectivity index (χ2n) is 5.06. The molecule has 0 atom stereocenters. The number of anilines is 1. The Morgan fingerprint density at radius 3 is 2.76 bits per heavy atom. The number of nitrogens with one attached hydrogen (secondary N) is 1. The van der Waals surface area contributed by atoms with E-state index in [1.54, 1.807) is 11.7 Å². The van der Waals surface area contributed by atoms with Gasteiger partial charge < -0.3 is 14.6 Å². The van der Waals surface area contributed by atoms with E-state index in [2.05, 4.69) is 24.1 Å². The van der Waals surface area contributed by atoms with E-state index in [1.807, 2.05) is 24.6 Å². The second kappa shape index (κ2) is 6.87. The van der Waals surface area contributed by atoms with Gasteiger partial charge in [-0.15, -0.1) is 11.3 Å². The van der Waals surface area contributed by atoms with Gasteiger partial charge in [0.1, 0.15) is 0 Å². The first-order chi connectivity index (χ1) is 10.1. The number of methoxy groups -OCH3 is 1. The lowest BCUT2D eigenvalue weighted by Gasteiger charge is -2.16. The molecule has 2 rings (SSSR count). The molecule has 0 amide bonds. The molecule has 0 bridgehead atoms. The largest absolute Gasteiger partial charge is 0.383 e. The van der Waals surface area contributed by atoms with Gasteiger partial charge in [0.2, 0.25) is 0 Å². The fraction of sp³-hybridized carbons (Fsp3) is 0.467. The summed E-state index contributed by atoms with van der Waals surface area (Å²) in [5.41, 5.74) is 2.36. The van der Waals surface area contributed by atoms with Crippen LogP contribution < -0.4 is 10.9 Å². The van der Waals surface area contributed by atoms with E-state index < -0.39 is 0 Å². The molecular weight excluding hydrogens is 286 g/mol. The maximum Gasteiger partial charge on any atom is 0.260 e. The lowest BCUT2D eigenvalue weighted by Crippen LogP contribution is -2.27. The summed E-state index contributed by atoms with van der Waals surface area (Å²) in [6.45, 7) is 5.24. The molecule has 21 heavy (non-hydrogen) atoms. The van der Waals surface area contributed by atoms with Crippen LogP contribution in [0.5, 0.6) is 0 Å². The zero-order chi connectivity index (χ0) is 15.4. The number of thiazole rings is 1. The first kappa shape index (κ1) is 15.7. The molecule has 0 aliphatic heterocycles. The summed E-state index contributed by atoms with van der Waals surface area (Å²) in [7, 11) is 3.46. The molecule has 0 unspecified atom stereocenters. The van der Waals surface area contributed by atoms with Crippen LogP contribution in [0.2, 0.25) is 0 Å². The summed E-state index contributed by atoms with van der Waals surface area (Å²) in [6, 6.07) is 3.88. The Balaban J connectivity index is 2.50. The number of aromatic nitrogens is 2. The minimum Gasteiger partial charge on any atom is -0.383 e. The number of hydrogen-bond acceptors (Lipinski definition) is 5. The molecule has 2 aromatic heterocycles. The molecule has 0 spiro atoms. The van der Waals surface area contributed by atoms with Crippen LogP contribution in [-0.2, 0) is 11.3 Å². The summed E-state index contributed by atoms with van der Waals surface area (Å²) in [4.78, 5) is 17.2. The molecule has 0 fully saturated rings. The molecular formula is C15H21N3O2S. The zero-order valence-electron chi connectivity index (χ0n) is 12.8. The third-order valence-corrected chi connectivity index (χ3v) is 4.17. The fourth-order valence-corrected chi connectivity index (χ4v) is 2.89. The predicted octanol–water partition coefficient (Wildman–Crippen LogP) is 2.78. The van der Waals surface area contributed by atoms with Crippen LogP contribution in [0.3, 0.4) is 0 Å². The van der Waals surface area contributed by atoms with Gasteiger partial charge in [0.05, 0.1) is 17.9 Å². The van der Waals surface area contributed by atoms with Crippen molar-refractivity contribution in [3.8, 4) is 11.3 Å². The molecule has 0 aromatic carbocycles. The molecule has 0 aliphatic carbocycles. The van der Waals surface area contributed by atoms with Gasteiger partial charge in [0.25, 0.3) is 5.56 Å². The van der Waals surface area contributed by atoms with Crippen LogP contribution in [0.1, 0.15) is 25.5 Å². The van der Waals surface area contributed by atoms with Crippen LogP contribution in [0, 0.1) is 0 Å². The van der Waals surface area contributed by atoms with Crippen LogP contribution >= 0.6 is 11.3 Å². The summed E-state index contributed by atoms with van der Waals surface area (Å²) >= 11 is 1.49. The van der Waals surface area contributed by atoms with Crippen LogP contribution in [0.25, 0.3) is 11.3 Å². The smallest absolute Gasteiger partial charge is 0.260 e. The summed E-state index contributed by atoms with van der Waals surface area (Å²) in [5.74, 6) is 0.284. The Kier molecular flexibility index (Phi) is 5.14. The minimum absolute atomic E-state index is 0.00815. The van der Waals surface area contributed by atoms with Crippen molar-refractivity contribution in [2.24, 2.45) is 0 Å². The van der Waals surface area contributed by atoms with Crippen molar-refractivity contribution in [1.82, 2.24) is 9.55 Å². The number of hydrogen-bond donors (Lipinski definition) is 1. The van der Waals surface area contributed by atoms with Gasteiger partial charge in [-0.1, -0.05) is 13.8 Å². The number of pyridine rings is 1. The quantitative estimate of drug-likeness (QED) is 0.891. The normalized spacial score (nSPS) is 11.1. The lowest BCUT2D eigenvalue weighted by molar-refractivity contribution is 0.185. The van der Waals surface area contributed by atoms with E-state index >= 15 is 0 Å². The molecule has 1 N–H and O–H groups in total. The van der Waals surface area contributed by atoms with Gasteiger partial charge >= 0.3 is 0 Å². The monoisotopic (exact) mass is 307 g/mol. The Hall–Kier alpha value is -1.66. The van der Waals surface area contributed by atoms with Crippen molar-refractivity contribution in [1.29, 1.82) is 0 Å². The lowest BCUT2D eigenvalue weighted by atomic mass is 10.1. The standard InChI is InChI=1S/C15H21N3O2S/c1-10(2)13-6-5-11(12-9-21-15(16-3)17-12)14(19)18(13)7-8-20-4/h5-6,9-10H,7-8H2,1-4H3,(H,16,17).